The molecule has 0 aliphatic heterocycles. The van der Waals surface area contributed by atoms with E-state index in [9.17, 15) is 4.79 Å². The van der Waals surface area contributed by atoms with Crippen molar-refractivity contribution < 1.29 is 4.79 Å². The van der Waals surface area contributed by atoms with Crippen molar-refractivity contribution in [3.63, 3.8) is 0 Å². The number of aromatic nitrogens is 1. The van der Waals surface area contributed by atoms with Gasteiger partial charge in [0.15, 0.2) is 0 Å². The third-order valence-corrected chi connectivity index (χ3v) is 2.70. The summed E-state index contributed by atoms with van der Waals surface area (Å²) in [5, 5.41) is 0. The van der Waals surface area contributed by atoms with Gasteiger partial charge in [-0.15, -0.1) is 24.8 Å². The summed E-state index contributed by atoms with van der Waals surface area (Å²) in [7, 11) is 1.79. The van der Waals surface area contributed by atoms with Crippen molar-refractivity contribution in [2.45, 2.75) is 26.4 Å². The van der Waals surface area contributed by atoms with Crippen LogP contribution < -0.4 is 5.73 Å². The number of hydrogen-bond donors (Lipinski definition) is 1. The molecule has 1 heterocycles. The highest BCUT2D eigenvalue weighted by Gasteiger charge is 2.20. The molecule has 1 rings (SSSR count). The summed E-state index contributed by atoms with van der Waals surface area (Å²) in [6.45, 7) is 4.27. The van der Waals surface area contributed by atoms with Crippen LogP contribution in [0.4, 0.5) is 0 Å². The zero-order valence-corrected chi connectivity index (χ0v) is 12.5. The Balaban J connectivity index is 0. The summed E-state index contributed by atoms with van der Waals surface area (Å²) in [4.78, 5) is 17.6. The Morgan fingerprint density at radius 1 is 1.44 bits per heavy atom. The van der Waals surface area contributed by atoms with Crippen molar-refractivity contribution in [1.82, 2.24) is 9.88 Å². The summed E-state index contributed by atoms with van der Waals surface area (Å²) < 4.78 is 0. The largest absolute Gasteiger partial charge is 0.341 e. The molecule has 0 aliphatic carbocycles. The van der Waals surface area contributed by atoms with E-state index in [1.54, 1.807) is 24.3 Å². The molecule has 0 bridgehead atoms. The lowest BCUT2D eigenvalue weighted by atomic mass is 10.0. The molecule has 18 heavy (non-hydrogen) atoms. The van der Waals surface area contributed by atoms with Crippen LogP contribution in [-0.2, 0) is 11.3 Å². The van der Waals surface area contributed by atoms with Crippen LogP contribution in [0.3, 0.4) is 0 Å². The van der Waals surface area contributed by atoms with Crippen LogP contribution in [0, 0.1) is 5.92 Å². The number of nitrogens with two attached hydrogens (primary N) is 1. The molecule has 0 spiro atoms. The lowest BCUT2D eigenvalue weighted by Crippen LogP contribution is -2.39. The van der Waals surface area contributed by atoms with Crippen LogP contribution in [0.25, 0.3) is 0 Å². The Hall–Kier alpha value is -0.840. The van der Waals surface area contributed by atoms with E-state index in [1.807, 2.05) is 26.0 Å². The Morgan fingerprint density at radius 2 is 2.06 bits per heavy atom. The zero-order valence-electron chi connectivity index (χ0n) is 10.9. The van der Waals surface area contributed by atoms with Crippen LogP contribution >= 0.6 is 24.8 Å². The molecular weight excluding hydrogens is 273 g/mol. The predicted octanol–water partition coefficient (Wildman–Crippen LogP) is 1.87. The maximum Gasteiger partial charge on any atom is 0.226 e. The van der Waals surface area contributed by atoms with Crippen LogP contribution in [0.1, 0.15) is 19.4 Å². The molecule has 0 aromatic carbocycles. The highest BCUT2D eigenvalue weighted by molar-refractivity contribution is 5.85. The van der Waals surface area contributed by atoms with Gasteiger partial charge in [-0.25, -0.2) is 0 Å². The van der Waals surface area contributed by atoms with Gasteiger partial charge in [-0.2, -0.15) is 0 Å². The molecule has 4 nitrogen and oxygen atoms in total. The molecule has 2 N–H and O–H groups in total. The maximum atomic E-state index is 11.9. The molecule has 2 atom stereocenters. The third-order valence-electron chi connectivity index (χ3n) is 2.70. The average molecular weight is 294 g/mol. The van der Waals surface area contributed by atoms with Gasteiger partial charge in [0.25, 0.3) is 0 Å². The summed E-state index contributed by atoms with van der Waals surface area (Å²) in [5.41, 5.74) is 6.73. The Labute approximate surface area is 121 Å². The lowest BCUT2D eigenvalue weighted by Gasteiger charge is -2.23. The molecular formula is C12H21Cl2N3O. The van der Waals surface area contributed by atoms with Gasteiger partial charge in [0.1, 0.15) is 0 Å². The molecule has 0 aliphatic rings. The van der Waals surface area contributed by atoms with Gasteiger partial charge < -0.3 is 10.6 Å². The minimum absolute atomic E-state index is 0. The van der Waals surface area contributed by atoms with Crippen molar-refractivity contribution in [2.24, 2.45) is 11.7 Å². The number of amides is 1. The number of nitrogens with zero attached hydrogens (tertiary/aromatic N) is 2. The fourth-order valence-corrected chi connectivity index (χ4v) is 1.42. The zero-order chi connectivity index (χ0) is 12.1. The van der Waals surface area contributed by atoms with E-state index in [-0.39, 0.29) is 42.7 Å². The van der Waals surface area contributed by atoms with Crippen molar-refractivity contribution in [1.29, 1.82) is 0 Å². The van der Waals surface area contributed by atoms with Crippen LogP contribution in [0.2, 0.25) is 0 Å². The highest BCUT2D eigenvalue weighted by Crippen LogP contribution is 2.08. The lowest BCUT2D eigenvalue weighted by molar-refractivity contribution is -0.134. The molecule has 1 amide bonds. The normalized spacial score (nSPS) is 12.7. The van der Waals surface area contributed by atoms with Crippen LogP contribution in [0.15, 0.2) is 24.5 Å². The van der Waals surface area contributed by atoms with Gasteiger partial charge in [-0.05, 0) is 18.6 Å². The second kappa shape index (κ2) is 9.14. The Bertz CT molecular complexity index is 346. The fourth-order valence-electron chi connectivity index (χ4n) is 1.42. The van der Waals surface area contributed by atoms with Gasteiger partial charge in [-0.1, -0.05) is 13.0 Å². The van der Waals surface area contributed by atoms with E-state index in [2.05, 4.69) is 4.98 Å². The van der Waals surface area contributed by atoms with E-state index < -0.39 is 0 Å². The van der Waals surface area contributed by atoms with Crippen molar-refractivity contribution in [3.05, 3.63) is 30.1 Å². The minimum Gasteiger partial charge on any atom is -0.341 e. The molecule has 0 radical (unpaired) electrons. The average Bonchev–Trinajstić information content (AvgIpc) is 2.28. The van der Waals surface area contributed by atoms with Crippen molar-refractivity contribution in [3.8, 4) is 0 Å². The molecule has 0 saturated carbocycles. The molecule has 104 valence electrons. The highest BCUT2D eigenvalue weighted by atomic mass is 35.5. The molecule has 6 heteroatoms. The number of hydrogen-bond acceptors (Lipinski definition) is 3. The minimum atomic E-state index is -0.151. The summed E-state index contributed by atoms with van der Waals surface area (Å²) in [6.07, 6.45) is 3.48. The van der Waals surface area contributed by atoms with Gasteiger partial charge in [0.05, 0.1) is 5.92 Å². The molecule has 1 aromatic rings. The van der Waals surface area contributed by atoms with Gasteiger partial charge in [0, 0.05) is 32.0 Å². The van der Waals surface area contributed by atoms with Gasteiger partial charge in [-0.3, -0.25) is 9.78 Å². The second-order valence-corrected chi connectivity index (χ2v) is 4.20. The van der Waals surface area contributed by atoms with Crippen molar-refractivity contribution in [2.75, 3.05) is 7.05 Å². The van der Waals surface area contributed by atoms with E-state index in [0.717, 1.165) is 5.56 Å². The number of halogens is 2. The van der Waals surface area contributed by atoms with Crippen molar-refractivity contribution >= 4 is 30.7 Å². The molecule has 1 aromatic heterocycles. The number of carbonyl (C=O) groups is 1. The first-order valence-corrected chi connectivity index (χ1v) is 5.42. The molecule has 0 fully saturated rings. The smallest absolute Gasteiger partial charge is 0.226 e. The van der Waals surface area contributed by atoms with E-state index in [4.69, 9.17) is 5.73 Å². The quantitative estimate of drug-likeness (QED) is 0.922. The van der Waals surface area contributed by atoms with Crippen LogP contribution in [0.5, 0.6) is 0 Å². The van der Waals surface area contributed by atoms with Gasteiger partial charge in [0.2, 0.25) is 5.91 Å². The number of carbonyl (C=O) groups excluding carboxylic acids is 1. The fraction of sp³-hybridized carbons (Fsp3) is 0.500. The topological polar surface area (TPSA) is 59.2 Å². The maximum absolute atomic E-state index is 11.9. The SMILES string of the molecule is CC(N)C(C)C(=O)N(C)Cc1cccnc1.Cl.Cl. The standard InChI is InChI=1S/C12H19N3O.2ClH/c1-9(10(2)13)12(16)15(3)8-11-5-4-6-14-7-11;;/h4-7,9-10H,8,13H2,1-3H3;2*1H. The summed E-state index contributed by atoms with van der Waals surface area (Å²) >= 11 is 0. The van der Waals surface area contributed by atoms with Crippen LogP contribution in [-0.4, -0.2) is 28.9 Å². The third kappa shape index (κ3) is 5.67. The summed E-state index contributed by atoms with van der Waals surface area (Å²) in [5.74, 6) is -0.0828. The monoisotopic (exact) mass is 293 g/mol. The van der Waals surface area contributed by atoms with E-state index in [1.165, 1.54) is 0 Å². The van der Waals surface area contributed by atoms with Gasteiger partial charge >= 0.3 is 0 Å². The first-order valence-electron chi connectivity index (χ1n) is 5.42. The van der Waals surface area contributed by atoms with E-state index >= 15 is 0 Å². The first kappa shape index (κ1) is 19.5. The number of pyridine rings is 1. The van der Waals surface area contributed by atoms with E-state index in [0.29, 0.717) is 6.54 Å². The molecule has 2 unspecified atom stereocenters. The second-order valence-electron chi connectivity index (χ2n) is 4.20. The summed E-state index contributed by atoms with van der Waals surface area (Å²) in [6, 6.07) is 3.69. The predicted molar refractivity (Wildman–Crippen MR) is 78.0 cm³/mol. The first-order chi connectivity index (χ1) is 7.52. The molecule has 0 saturated heterocycles. The Morgan fingerprint density at radius 3 is 2.50 bits per heavy atom. The Kier molecular flexibility index (Phi) is 9.90. The number of rotatable bonds is 4.